The fourth-order valence-corrected chi connectivity index (χ4v) is 5.83. The fourth-order valence-electron chi connectivity index (χ4n) is 5.83. The largest absolute Gasteiger partial charge is 0.379 e. The van der Waals surface area contributed by atoms with Gasteiger partial charge in [-0.15, -0.1) is 0 Å². The van der Waals surface area contributed by atoms with E-state index in [1.807, 2.05) is 23.1 Å². The molecule has 2 fully saturated rings. The molecule has 214 valence electrons. The third-order valence-corrected chi connectivity index (χ3v) is 8.45. The van der Waals surface area contributed by atoms with Crippen LogP contribution in [0.25, 0.3) is 33.4 Å². The number of hydrogen-bond acceptors (Lipinski definition) is 6. The Hall–Kier alpha value is -3.30. The van der Waals surface area contributed by atoms with Crippen LogP contribution >= 0.6 is 0 Å². The van der Waals surface area contributed by atoms with Gasteiger partial charge in [-0.3, -0.25) is 14.8 Å². The first-order valence-electron chi connectivity index (χ1n) is 14.6. The second-order valence-corrected chi connectivity index (χ2v) is 11.1. The van der Waals surface area contributed by atoms with Crippen LogP contribution in [0.4, 0.5) is 8.78 Å². The molecule has 0 unspecified atom stereocenters. The number of ether oxygens (including phenoxy) is 1. The molecule has 0 atom stereocenters. The molecule has 3 aromatic carbocycles. The van der Waals surface area contributed by atoms with E-state index in [9.17, 15) is 0 Å². The van der Waals surface area contributed by atoms with Crippen LogP contribution in [0.2, 0.25) is 0 Å². The van der Waals surface area contributed by atoms with E-state index in [0.717, 1.165) is 50.5 Å². The highest BCUT2D eigenvalue weighted by Gasteiger charge is 2.20. The first-order chi connectivity index (χ1) is 20.0. The minimum absolute atomic E-state index is 0.0884. The van der Waals surface area contributed by atoms with Crippen LogP contribution in [0.5, 0.6) is 0 Å². The van der Waals surface area contributed by atoms with Gasteiger partial charge in [-0.05, 0) is 54.4 Å². The lowest BCUT2D eigenvalue weighted by atomic mass is 10.00. The predicted octanol–water partition coefficient (Wildman–Crippen LogP) is 5.52. The van der Waals surface area contributed by atoms with E-state index in [1.165, 1.54) is 23.3 Å². The summed E-state index contributed by atoms with van der Waals surface area (Å²) in [5, 5.41) is 0. The number of halogens is 2. The molecule has 0 amide bonds. The summed E-state index contributed by atoms with van der Waals surface area (Å²) in [7, 11) is 0. The molecule has 2 aliphatic heterocycles. The Bertz CT molecular complexity index is 1510. The average molecular weight is 558 g/mol. The van der Waals surface area contributed by atoms with Crippen LogP contribution in [-0.2, 0) is 17.8 Å². The smallest absolute Gasteiger partial charge is 0.131 e. The predicted molar refractivity (Wildman–Crippen MR) is 159 cm³/mol. The zero-order valence-electron chi connectivity index (χ0n) is 23.9. The van der Waals surface area contributed by atoms with Crippen molar-refractivity contribution in [1.29, 1.82) is 0 Å². The molecule has 6 nitrogen and oxygen atoms in total. The van der Waals surface area contributed by atoms with Crippen LogP contribution in [0.3, 0.4) is 0 Å². The number of benzene rings is 3. The molecular weight excluding hydrogens is 520 g/mol. The molecule has 0 N–H and O–H groups in total. The number of hydrogen-bond donors (Lipinski definition) is 0. The summed E-state index contributed by atoms with van der Waals surface area (Å²) in [6, 6.07) is 14.9. The summed E-state index contributed by atoms with van der Waals surface area (Å²) in [6.07, 6.45) is 1.77. The summed E-state index contributed by atoms with van der Waals surface area (Å²) in [4.78, 5) is 16.6. The highest BCUT2D eigenvalue weighted by atomic mass is 19.1. The monoisotopic (exact) mass is 557 g/mol. The van der Waals surface area contributed by atoms with Crippen molar-refractivity contribution in [3.8, 4) is 22.4 Å². The Kier molecular flexibility index (Phi) is 8.35. The molecule has 0 aliphatic carbocycles. The van der Waals surface area contributed by atoms with Crippen molar-refractivity contribution in [2.24, 2.45) is 0 Å². The minimum Gasteiger partial charge on any atom is -0.379 e. The van der Waals surface area contributed by atoms with Gasteiger partial charge in [0.1, 0.15) is 11.6 Å². The number of piperazine rings is 1. The number of rotatable bonds is 7. The lowest BCUT2D eigenvalue weighted by molar-refractivity contribution is 0.0332. The molecule has 1 aromatic heterocycles. The van der Waals surface area contributed by atoms with Gasteiger partial charge in [0.05, 0.1) is 36.1 Å². The number of aryl methyl sites for hydroxylation is 1. The van der Waals surface area contributed by atoms with Crippen molar-refractivity contribution in [2.75, 3.05) is 59.0 Å². The zero-order valence-corrected chi connectivity index (χ0v) is 23.9. The summed E-state index contributed by atoms with van der Waals surface area (Å²) in [5.74, 6) is -1.09. The number of morpholine rings is 1. The van der Waals surface area contributed by atoms with E-state index in [4.69, 9.17) is 9.72 Å². The fraction of sp³-hybridized carbons (Fsp3) is 0.394. The van der Waals surface area contributed by atoms with E-state index < -0.39 is 11.6 Å². The van der Waals surface area contributed by atoms with Gasteiger partial charge in [0, 0.05) is 69.0 Å². The quantitative estimate of drug-likeness (QED) is 0.298. The van der Waals surface area contributed by atoms with Crippen LogP contribution in [0, 0.1) is 18.6 Å². The Balaban J connectivity index is 1.26. The molecule has 0 bridgehead atoms. The third kappa shape index (κ3) is 6.16. The minimum atomic E-state index is -0.546. The molecule has 2 aliphatic rings. The van der Waals surface area contributed by atoms with Gasteiger partial charge in [-0.2, -0.15) is 0 Å². The van der Waals surface area contributed by atoms with Crippen molar-refractivity contribution in [3.05, 3.63) is 83.1 Å². The number of nitrogens with zero attached hydrogens (tertiary/aromatic N) is 5. The molecule has 8 heteroatoms. The van der Waals surface area contributed by atoms with E-state index in [-0.39, 0.29) is 12.1 Å². The normalized spacial score (nSPS) is 17.4. The number of likely N-dealkylation sites (N-methyl/N-ethyl adjacent to an activating group) is 1. The maximum absolute atomic E-state index is 15.2. The Labute approximate surface area is 240 Å². The van der Waals surface area contributed by atoms with Crippen LogP contribution in [0.1, 0.15) is 23.6 Å². The second-order valence-electron chi connectivity index (χ2n) is 11.1. The lowest BCUT2D eigenvalue weighted by Crippen LogP contribution is -2.45. The van der Waals surface area contributed by atoms with Crippen LogP contribution in [0.15, 0.2) is 54.7 Å². The molecule has 3 heterocycles. The highest BCUT2D eigenvalue weighted by molar-refractivity contribution is 5.92. The standard InChI is InChI=1S/C33H37F2N5O/c1-3-38-9-11-39(12-10-38)21-25-8-7-24(17-23(25)2)32-20-36-31-6-4-5-27(33(31)37-32)26-18-29(34)28(30(35)19-26)22-40-13-15-41-16-14-40/h4-8,17-20H,3,9-16,21-22H2,1-2H3. The molecule has 0 saturated carbocycles. The van der Waals surface area contributed by atoms with Gasteiger partial charge in [0.2, 0.25) is 0 Å². The van der Waals surface area contributed by atoms with Gasteiger partial charge in [0.15, 0.2) is 0 Å². The molecule has 0 radical (unpaired) electrons. The van der Waals surface area contributed by atoms with Crippen LogP contribution in [-0.4, -0.2) is 83.7 Å². The second kappa shape index (κ2) is 12.3. The lowest BCUT2D eigenvalue weighted by Gasteiger charge is -2.34. The maximum Gasteiger partial charge on any atom is 0.131 e. The summed E-state index contributed by atoms with van der Waals surface area (Å²) in [6.45, 7) is 13.5. The summed E-state index contributed by atoms with van der Waals surface area (Å²) >= 11 is 0. The number of aromatic nitrogens is 2. The van der Waals surface area contributed by atoms with Crippen molar-refractivity contribution < 1.29 is 13.5 Å². The Morgan fingerprint density at radius 3 is 2.22 bits per heavy atom. The van der Waals surface area contributed by atoms with Crippen molar-refractivity contribution >= 4 is 11.0 Å². The summed E-state index contributed by atoms with van der Waals surface area (Å²) in [5.41, 5.74) is 6.76. The van der Waals surface area contributed by atoms with Crippen molar-refractivity contribution in [1.82, 2.24) is 24.7 Å². The van der Waals surface area contributed by atoms with Gasteiger partial charge >= 0.3 is 0 Å². The van der Waals surface area contributed by atoms with E-state index in [0.29, 0.717) is 48.5 Å². The van der Waals surface area contributed by atoms with Crippen molar-refractivity contribution in [2.45, 2.75) is 26.9 Å². The van der Waals surface area contributed by atoms with E-state index in [2.05, 4.69) is 46.8 Å². The van der Waals surface area contributed by atoms with Gasteiger partial charge in [0.25, 0.3) is 0 Å². The van der Waals surface area contributed by atoms with Crippen LogP contribution < -0.4 is 0 Å². The van der Waals surface area contributed by atoms with Gasteiger partial charge in [-0.25, -0.2) is 13.8 Å². The molecule has 0 spiro atoms. The summed E-state index contributed by atoms with van der Waals surface area (Å²) < 4.78 is 35.8. The van der Waals surface area contributed by atoms with E-state index in [1.54, 1.807) is 6.20 Å². The average Bonchev–Trinajstić information content (AvgIpc) is 3.00. The Morgan fingerprint density at radius 1 is 0.805 bits per heavy atom. The first kappa shape index (κ1) is 27.8. The highest BCUT2D eigenvalue weighted by Crippen LogP contribution is 2.32. The topological polar surface area (TPSA) is 44.7 Å². The number of para-hydroxylation sites is 1. The first-order valence-corrected chi connectivity index (χ1v) is 14.6. The molecule has 4 aromatic rings. The molecular formula is C33H37F2N5O. The van der Waals surface area contributed by atoms with E-state index >= 15 is 8.78 Å². The SMILES string of the molecule is CCN1CCN(Cc2ccc(-c3cnc4cccc(-c5cc(F)c(CN6CCOCC6)c(F)c5)c4n3)cc2C)CC1. The molecule has 41 heavy (non-hydrogen) atoms. The van der Waals surface area contributed by atoms with Crippen molar-refractivity contribution in [3.63, 3.8) is 0 Å². The molecule has 6 rings (SSSR count). The number of fused-ring (bicyclic) bond motifs is 1. The Morgan fingerprint density at radius 2 is 1.51 bits per heavy atom. The molecule has 2 saturated heterocycles. The third-order valence-electron chi connectivity index (χ3n) is 8.45. The van der Waals surface area contributed by atoms with Gasteiger partial charge in [-0.1, -0.05) is 31.2 Å². The van der Waals surface area contributed by atoms with Gasteiger partial charge < -0.3 is 9.64 Å². The maximum atomic E-state index is 15.2. The zero-order chi connectivity index (χ0) is 28.3.